The van der Waals surface area contributed by atoms with Gasteiger partial charge in [-0.15, -0.1) is 0 Å². The van der Waals surface area contributed by atoms with Gasteiger partial charge < -0.3 is 10.2 Å². The van der Waals surface area contributed by atoms with Crippen molar-refractivity contribution in [3.63, 3.8) is 0 Å². The molecule has 0 heterocycles. The third-order valence-corrected chi connectivity index (χ3v) is 3.39. The third kappa shape index (κ3) is 3.06. The molecular weight excluding hydrogens is 188 g/mol. The van der Waals surface area contributed by atoms with Crippen molar-refractivity contribution in [2.75, 3.05) is 20.6 Å². The molecule has 0 bridgehead atoms. The highest BCUT2D eigenvalue weighted by Gasteiger charge is 2.35. The van der Waals surface area contributed by atoms with E-state index in [0.717, 1.165) is 6.54 Å². The molecular formula is C12H22N2O. The Morgan fingerprint density at radius 3 is 2.47 bits per heavy atom. The topological polar surface area (TPSA) is 32.3 Å². The second-order valence-corrected chi connectivity index (χ2v) is 4.54. The van der Waals surface area contributed by atoms with E-state index in [1.165, 1.54) is 25.7 Å². The number of nitrogens with one attached hydrogen (secondary N) is 1. The van der Waals surface area contributed by atoms with Gasteiger partial charge in [0.2, 0.25) is 5.91 Å². The van der Waals surface area contributed by atoms with Crippen LogP contribution in [0.2, 0.25) is 0 Å². The van der Waals surface area contributed by atoms with Gasteiger partial charge in [0.15, 0.2) is 0 Å². The fourth-order valence-electron chi connectivity index (χ4n) is 2.28. The summed E-state index contributed by atoms with van der Waals surface area (Å²) in [6.45, 7) is 2.63. The molecule has 0 aromatic rings. The minimum Gasteiger partial charge on any atom is -0.351 e. The van der Waals surface area contributed by atoms with Crippen molar-refractivity contribution in [2.24, 2.45) is 0 Å². The molecule has 0 spiro atoms. The van der Waals surface area contributed by atoms with E-state index in [4.69, 9.17) is 0 Å². The molecule has 3 heteroatoms. The molecule has 1 fully saturated rings. The second-order valence-electron chi connectivity index (χ2n) is 4.54. The van der Waals surface area contributed by atoms with Crippen LogP contribution >= 0.6 is 0 Å². The van der Waals surface area contributed by atoms with Gasteiger partial charge in [-0.2, -0.15) is 0 Å². The van der Waals surface area contributed by atoms with Crippen molar-refractivity contribution in [3.8, 4) is 0 Å². The molecule has 0 atom stereocenters. The third-order valence-electron chi connectivity index (χ3n) is 3.39. The Hall–Kier alpha value is -0.830. The van der Waals surface area contributed by atoms with Crippen LogP contribution in [0, 0.1) is 0 Å². The fraction of sp³-hybridized carbons (Fsp3) is 0.750. The quantitative estimate of drug-likeness (QED) is 0.714. The van der Waals surface area contributed by atoms with E-state index in [0.29, 0.717) is 0 Å². The molecule has 1 amide bonds. The van der Waals surface area contributed by atoms with Gasteiger partial charge in [-0.3, -0.25) is 4.79 Å². The minimum absolute atomic E-state index is 0.0191. The number of nitrogens with zero attached hydrogens (tertiary/aromatic N) is 1. The lowest BCUT2D eigenvalue weighted by Gasteiger charge is -2.36. The molecule has 0 aromatic carbocycles. The van der Waals surface area contributed by atoms with Gasteiger partial charge in [-0.1, -0.05) is 18.9 Å². The molecule has 15 heavy (non-hydrogen) atoms. The first kappa shape index (κ1) is 12.2. The average Bonchev–Trinajstić information content (AvgIpc) is 2.65. The van der Waals surface area contributed by atoms with Crippen molar-refractivity contribution in [2.45, 2.75) is 38.1 Å². The zero-order valence-corrected chi connectivity index (χ0v) is 10.0. The van der Waals surface area contributed by atoms with E-state index in [-0.39, 0.29) is 11.4 Å². The van der Waals surface area contributed by atoms with Crippen molar-refractivity contribution < 1.29 is 4.79 Å². The van der Waals surface area contributed by atoms with E-state index in [1.54, 1.807) is 12.2 Å². The number of rotatable bonds is 4. The molecule has 1 N–H and O–H groups in total. The molecule has 0 saturated heterocycles. The minimum atomic E-state index is 0.0191. The molecule has 86 valence electrons. The van der Waals surface area contributed by atoms with Crippen LogP contribution in [0.1, 0.15) is 32.6 Å². The number of allylic oxidation sites excluding steroid dienone is 1. The van der Waals surface area contributed by atoms with Gasteiger partial charge in [-0.25, -0.2) is 0 Å². The Labute approximate surface area is 92.5 Å². The molecule has 0 radical (unpaired) electrons. The lowest BCUT2D eigenvalue weighted by atomic mass is 9.96. The first-order valence-electron chi connectivity index (χ1n) is 5.69. The smallest absolute Gasteiger partial charge is 0.243 e. The summed E-state index contributed by atoms with van der Waals surface area (Å²) in [5.41, 5.74) is 0.192. The first-order chi connectivity index (χ1) is 7.10. The van der Waals surface area contributed by atoms with E-state index in [1.807, 2.05) is 6.92 Å². The van der Waals surface area contributed by atoms with E-state index in [2.05, 4.69) is 24.3 Å². The maximum atomic E-state index is 11.3. The molecule has 0 aromatic heterocycles. The van der Waals surface area contributed by atoms with Crippen molar-refractivity contribution in [3.05, 3.63) is 12.2 Å². The summed E-state index contributed by atoms with van der Waals surface area (Å²) in [5, 5.41) is 2.98. The zero-order chi connectivity index (χ0) is 11.3. The van der Waals surface area contributed by atoms with E-state index in [9.17, 15) is 4.79 Å². The number of amides is 1. The molecule has 0 unspecified atom stereocenters. The number of hydrogen-bond acceptors (Lipinski definition) is 2. The summed E-state index contributed by atoms with van der Waals surface area (Å²) in [6, 6.07) is 0. The van der Waals surface area contributed by atoms with Gasteiger partial charge in [0, 0.05) is 12.1 Å². The number of carbonyl (C=O) groups is 1. The number of likely N-dealkylation sites (N-methyl/N-ethyl adjacent to an activating group) is 1. The zero-order valence-electron chi connectivity index (χ0n) is 10.0. The van der Waals surface area contributed by atoms with Crippen molar-refractivity contribution in [1.82, 2.24) is 10.2 Å². The Morgan fingerprint density at radius 1 is 1.40 bits per heavy atom. The average molecular weight is 210 g/mol. The van der Waals surface area contributed by atoms with Gasteiger partial charge >= 0.3 is 0 Å². The first-order valence-corrected chi connectivity index (χ1v) is 5.69. The lowest BCUT2D eigenvalue weighted by Crippen LogP contribution is -2.50. The fourth-order valence-corrected chi connectivity index (χ4v) is 2.28. The highest BCUT2D eigenvalue weighted by atomic mass is 16.1. The summed E-state index contributed by atoms with van der Waals surface area (Å²) < 4.78 is 0. The largest absolute Gasteiger partial charge is 0.351 e. The number of carbonyl (C=O) groups excluding carboxylic acids is 1. The van der Waals surface area contributed by atoms with Crippen LogP contribution < -0.4 is 5.32 Å². The van der Waals surface area contributed by atoms with Gasteiger partial charge in [-0.05, 0) is 39.9 Å². The van der Waals surface area contributed by atoms with Crippen molar-refractivity contribution >= 4 is 5.91 Å². The highest BCUT2D eigenvalue weighted by Crippen LogP contribution is 2.32. The van der Waals surface area contributed by atoms with Crippen LogP contribution in [0.25, 0.3) is 0 Å². The van der Waals surface area contributed by atoms with Gasteiger partial charge in [0.1, 0.15) is 0 Å². The molecule has 1 rings (SSSR count). The monoisotopic (exact) mass is 210 g/mol. The molecule has 1 saturated carbocycles. The Kier molecular flexibility index (Phi) is 4.33. The van der Waals surface area contributed by atoms with Crippen LogP contribution in [0.5, 0.6) is 0 Å². The normalized spacial score (nSPS) is 20.0. The Balaban J connectivity index is 2.49. The summed E-state index contributed by atoms with van der Waals surface area (Å²) >= 11 is 0. The van der Waals surface area contributed by atoms with Crippen LogP contribution in [0.15, 0.2) is 12.2 Å². The van der Waals surface area contributed by atoms with Gasteiger partial charge in [0.25, 0.3) is 0 Å². The molecule has 1 aliphatic rings. The summed E-state index contributed by atoms with van der Waals surface area (Å²) in [4.78, 5) is 13.6. The van der Waals surface area contributed by atoms with Crippen LogP contribution in [-0.4, -0.2) is 37.0 Å². The summed E-state index contributed by atoms with van der Waals surface area (Å²) in [7, 11) is 4.21. The summed E-state index contributed by atoms with van der Waals surface area (Å²) in [6.07, 6.45) is 8.28. The predicted molar refractivity (Wildman–Crippen MR) is 62.7 cm³/mol. The Bertz CT molecular complexity index is 240. The Morgan fingerprint density at radius 2 is 2.00 bits per heavy atom. The maximum Gasteiger partial charge on any atom is 0.243 e. The lowest BCUT2D eigenvalue weighted by molar-refractivity contribution is -0.117. The summed E-state index contributed by atoms with van der Waals surface area (Å²) in [5.74, 6) is 0.0191. The van der Waals surface area contributed by atoms with E-state index < -0.39 is 0 Å². The van der Waals surface area contributed by atoms with Crippen LogP contribution in [0.3, 0.4) is 0 Å². The van der Waals surface area contributed by atoms with Crippen LogP contribution in [0.4, 0.5) is 0 Å². The predicted octanol–water partition coefficient (Wildman–Crippen LogP) is 1.55. The maximum absolute atomic E-state index is 11.3. The van der Waals surface area contributed by atoms with E-state index >= 15 is 0 Å². The van der Waals surface area contributed by atoms with Crippen molar-refractivity contribution in [1.29, 1.82) is 0 Å². The van der Waals surface area contributed by atoms with Crippen LogP contribution in [-0.2, 0) is 4.79 Å². The van der Waals surface area contributed by atoms with Gasteiger partial charge in [0.05, 0.1) is 0 Å². The molecule has 1 aliphatic carbocycles. The highest BCUT2D eigenvalue weighted by molar-refractivity contribution is 5.87. The molecule has 0 aliphatic heterocycles. The standard InChI is InChI=1S/C12H22N2O/c1-4-7-11(15)13-10-12(14(2)3)8-5-6-9-12/h4,7H,5-6,8-10H2,1-3H3,(H,13,15)/b7-4+. The second kappa shape index (κ2) is 5.31. The number of hydrogen-bond donors (Lipinski definition) is 1. The SMILES string of the molecule is C/C=C/C(=O)NCC1(N(C)C)CCCC1. The molecule has 3 nitrogen and oxygen atoms in total.